The van der Waals surface area contributed by atoms with E-state index in [1.165, 1.54) is 0 Å². The van der Waals surface area contributed by atoms with Gasteiger partial charge < -0.3 is 4.74 Å². The molecule has 2 fully saturated rings. The molecular formula is C12H18O2. The summed E-state index contributed by atoms with van der Waals surface area (Å²) in [4.78, 5) is 11.7. The second-order valence-corrected chi connectivity index (χ2v) is 5.18. The first-order valence-corrected chi connectivity index (χ1v) is 5.32. The van der Waals surface area contributed by atoms with Crippen LogP contribution in [0.2, 0.25) is 0 Å². The summed E-state index contributed by atoms with van der Waals surface area (Å²) in [7, 11) is 0. The zero-order valence-electron chi connectivity index (χ0n) is 9.39. The van der Waals surface area contributed by atoms with Gasteiger partial charge >= 0.3 is 5.97 Å². The van der Waals surface area contributed by atoms with Crippen LogP contribution in [0.15, 0.2) is 11.6 Å². The van der Waals surface area contributed by atoms with Gasteiger partial charge in [0.05, 0.1) is 0 Å². The van der Waals surface area contributed by atoms with Gasteiger partial charge in [0.25, 0.3) is 0 Å². The van der Waals surface area contributed by atoms with E-state index in [4.69, 9.17) is 4.74 Å². The van der Waals surface area contributed by atoms with Crippen LogP contribution in [0.5, 0.6) is 0 Å². The number of allylic oxidation sites excluding steroid dienone is 1. The summed E-state index contributed by atoms with van der Waals surface area (Å²) in [5, 5.41) is 0. The van der Waals surface area contributed by atoms with E-state index in [0.717, 1.165) is 18.4 Å². The van der Waals surface area contributed by atoms with Crippen molar-refractivity contribution in [1.82, 2.24) is 0 Å². The predicted octanol–water partition coefficient (Wildman–Crippen LogP) is 2.68. The number of ether oxygens (including phenoxy) is 1. The van der Waals surface area contributed by atoms with Crippen molar-refractivity contribution in [2.75, 3.05) is 0 Å². The standard InChI is InChI=1S/C12H18O2/c1-5-8-9-6-7-12(4,11(9,2)3)14-10(8)13/h5,9H,6-7H2,1-4H3/b8-5+/t9-,12-/m1/s1. The third-order valence-electron chi connectivity index (χ3n) is 4.38. The molecule has 0 aromatic carbocycles. The topological polar surface area (TPSA) is 26.3 Å². The van der Waals surface area contributed by atoms with Crippen molar-refractivity contribution in [3.8, 4) is 0 Å². The first-order chi connectivity index (χ1) is 6.42. The molecule has 2 heteroatoms. The lowest BCUT2D eigenvalue weighted by atomic mass is 9.68. The summed E-state index contributed by atoms with van der Waals surface area (Å²) < 4.78 is 5.58. The Morgan fingerprint density at radius 1 is 1.43 bits per heavy atom. The summed E-state index contributed by atoms with van der Waals surface area (Å²) in [6.07, 6.45) is 3.99. The Morgan fingerprint density at radius 3 is 2.64 bits per heavy atom. The van der Waals surface area contributed by atoms with E-state index in [1.54, 1.807) is 0 Å². The molecule has 1 aliphatic heterocycles. The molecule has 1 saturated carbocycles. The van der Waals surface area contributed by atoms with Crippen LogP contribution in [0, 0.1) is 11.3 Å². The molecule has 0 radical (unpaired) electrons. The van der Waals surface area contributed by atoms with Crippen molar-refractivity contribution in [3.05, 3.63) is 11.6 Å². The molecule has 2 aliphatic rings. The lowest BCUT2D eigenvalue weighted by Gasteiger charge is -2.45. The second-order valence-electron chi connectivity index (χ2n) is 5.18. The quantitative estimate of drug-likeness (QED) is 0.438. The molecule has 1 aliphatic carbocycles. The average Bonchev–Trinajstić information content (AvgIpc) is 2.26. The molecule has 2 nitrogen and oxygen atoms in total. The molecule has 0 aromatic heterocycles. The summed E-state index contributed by atoms with van der Waals surface area (Å²) in [6.45, 7) is 8.41. The van der Waals surface area contributed by atoms with Crippen LogP contribution in [0.1, 0.15) is 40.5 Å². The Balaban J connectivity index is 2.48. The Morgan fingerprint density at radius 2 is 2.07 bits per heavy atom. The highest BCUT2D eigenvalue weighted by Crippen LogP contribution is 2.58. The lowest BCUT2D eigenvalue weighted by Crippen LogP contribution is -2.49. The molecule has 1 heterocycles. The molecule has 0 amide bonds. The van der Waals surface area contributed by atoms with E-state index in [2.05, 4.69) is 20.8 Å². The third kappa shape index (κ3) is 0.943. The molecular weight excluding hydrogens is 176 g/mol. The fourth-order valence-corrected chi connectivity index (χ4v) is 2.92. The molecule has 14 heavy (non-hydrogen) atoms. The smallest absolute Gasteiger partial charge is 0.334 e. The average molecular weight is 194 g/mol. The van der Waals surface area contributed by atoms with E-state index < -0.39 is 0 Å². The third-order valence-corrected chi connectivity index (χ3v) is 4.38. The Labute approximate surface area is 85.3 Å². The van der Waals surface area contributed by atoms with Gasteiger partial charge in [-0.15, -0.1) is 0 Å². The number of hydrogen-bond donors (Lipinski definition) is 0. The van der Waals surface area contributed by atoms with E-state index >= 15 is 0 Å². The zero-order valence-corrected chi connectivity index (χ0v) is 9.39. The van der Waals surface area contributed by atoms with Gasteiger partial charge in [0, 0.05) is 11.0 Å². The van der Waals surface area contributed by atoms with Crippen molar-refractivity contribution in [1.29, 1.82) is 0 Å². The summed E-state index contributed by atoms with van der Waals surface area (Å²) in [5.41, 5.74) is 0.717. The van der Waals surface area contributed by atoms with E-state index in [9.17, 15) is 4.79 Å². The number of carbonyl (C=O) groups excluding carboxylic acids is 1. The first-order valence-electron chi connectivity index (χ1n) is 5.32. The minimum atomic E-state index is -0.249. The van der Waals surface area contributed by atoms with Crippen molar-refractivity contribution < 1.29 is 9.53 Å². The summed E-state index contributed by atoms with van der Waals surface area (Å²) in [6, 6.07) is 0. The minimum absolute atomic E-state index is 0.0861. The maximum absolute atomic E-state index is 11.7. The lowest BCUT2D eigenvalue weighted by molar-refractivity contribution is -0.172. The van der Waals surface area contributed by atoms with Gasteiger partial charge in [-0.1, -0.05) is 19.9 Å². The monoisotopic (exact) mass is 194 g/mol. The van der Waals surface area contributed by atoms with Crippen LogP contribution >= 0.6 is 0 Å². The number of esters is 1. The SMILES string of the molecule is C/C=C1/C(=O)O[C@]2(C)CC[C@H]1C2(C)C. The molecule has 1 saturated heterocycles. The highest BCUT2D eigenvalue weighted by atomic mass is 16.6. The van der Waals surface area contributed by atoms with Crippen LogP contribution < -0.4 is 0 Å². The molecule has 2 rings (SSSR count). The molecule has 0 aromatic rings. The van der Waals surface area contributed by atoms with Crippen LogP contribution in [0.3, 0.4) is 0 Å². The van der Waals surface area contributed by atoms with Gasteiger partial charge in [-0.25, -0.2) is 4.79 Å². The largest absolute Gasteiger partial charge is 0.455 e. The zero-order chi connectivity index (χ0) is 10.6. The van der Waals surface area contributed by atoms with Crippen LogP contribution in [0.25, 0.3) is 0 Å². The minimum Gasteiger partial charge on any atom is -0.455 e. The summed E-state index contributed by atoms with van der Waals surface area (Å²) in [5.74, 6) is 0.288. The van der Waals surface area contributed by atoms with Crippen molar-refractivity contribution in [2.24, 2.45) is 11.3 Å². The number of hydrogen-bond acceptors (Lipinski definition) is 2. The van der Waals surface area contributed by atoms with Crippen LogP contribution in [0.4, 0.5) is 0 Å². The van der Waals surface area contributed by atoms with E-state index in [1.807, 2.05) is 13.0 Å². The van der Waals surface area contributed by atoms with E-state index in [-0.39, 0.29) is 17.0 Å². The van der Waals surface area contributed by atoms with Gasteiger partial charge in [-0.2, -0.15) is 0 Å². The molecule has 2 atom stereocenters. The van der Waals surface area contributed by atoms with Crippen molar-refractivity contribution >= 4 is 5.97 Å². The molecule has 0 N–H and O–H groups in total. The number of fused-ring (bicyclic) bond motifs is 2. The maximum Gasteiger partial charge on any atom is 0.334 e. The Bertz CT molecular complexity index is 314. The molecule has 2 bridgehead atoms. The summed E-state index contributed by atoms with van der Waals surface area (Å²) >= 11 is 0. The Hall–Kier alpha value is -0.790. The fourth-order valence-electron chi connectivity index (χ4n) is 2.92. The fraction of sp³-hybridized carbons (Fsp3) is 0.750. The predicted molar refractivity (Wildman–Crippen MR) is 54.8 cm³/mol. The molecule has 0 spiro atoms. The highest BCUT2D eigenvalue weighted by Gasteiger charge is 2.59. The molecule has 0 unspecified atom stereocenters. The van der Waals surface area contributed by atoms with Crippen molar-refractivity contribution in [2.45, 2.75) is 46.1 Å². The van der Waals surface area contributed by atoms with Gasteiger partial charge in [0.1, 0.15) is 5.60 Å². The Kier molecular flexibility index (Phi) is 1.82. The van der Waals surface area contributed by atoms with Gasteiger partial charge in [0.2, 0.25) is 0 Å². The van der Waals surface area contributed by atoms with Gasteiger partial charge in [-0.3, -0.25) is 0 Å². The maximum atomic E-state index is 11.7. The first kappa shape index (κ1) is 9.75. The van der Waals surface area contributed by atoms with E-state index in [0.29, 0.717) is 5.92 Å². The normalized spacial score (nSPS) is 42.7. The molecule has 78 valence electrons. The number of carbonyl (C=O) groups is 1. The van der Waals surface area contributed by atoms with Gasteiger partial charge in [0.15, 0.2) is 0 Å². The second kappa shape index (κ2) is 2.62. The number of rotatable bonds is 0. The van der Waals surface area contributed by atoms with Crippen LogP contribution in [-0.2, 0) is 9.53 Å². The highest BCUT2D eigenvalue weighted by molar-refractivity contribution is 5.91. The van der Waals surface area contributed by atoms with Gasteiger partial charge in [-0.05, 0) is 32.6 Å². The van der Waals surface area contributed by atoms with Crippen molar-refractivity contribution in [3.63, 3.8) is 0 Å². The van der Waals surface area contributed by atoms with Crippen LogP contribution in [-0.4, -0.2) is 11.6 Å².